The van der Waals surface area contributed by atoms with Crippen LogP contribution >= 0.6 is 34.8 Å². The lowest BCUT2D eigenvalue weighted by molar-refractivity contribution is -0.137. The Hall–Kier alpha value is -1.39. The van der Waals surface area contributed by atoms with E-state index in [1.165, 1.54) is 18.2 Å². The maximum Gasteiger partial charge on any atom is 0.416 e. The minimum atomic E-state index is -4.72. The van der Waals surface area contributed by atoms with Crippen LogP contribution in [0.25, 0.3) is 0 Å². The predicted octanol–water partition coefficient (Wildman–Crippen LogP) is 5.55. The van der Waals surface area contributed by atoms with Crippen molar-refractivity contribution in [2.24, 2.45) is 0 Å². The molecule has 1 unspecified atom stereocenters. The average Bonchev–Trinajstić information content (AvgIpc) is 3.01. The van der Waals surface area contributed by atoms with E-state index in [0.717, 1.165) is 13.0 Å². The Morgan fingerprint density at radius 2 is 1.73 bits per heavy atom. The summed E-state index contributed by atoms with van der Waals surface area (Å²) in [5.74, 6) is 0.279. The summed E-state index contributed by atoms with van der Waals surface area (Å²) in [6.45, 7) is 1.56. The molecule has 0 aliphatic carbocycles. The zero-order valence-corrected chi connectivity index (χ0v) is 18.5. The van der Waals surface area contributed by atoms with Gasteiger partial charge < -0.3 is 9.64 Å². The van der Waals surface area contributed by atoms with Crippen LogP contribution in [0.2, 0.25) is 15.1 Å². The summed E-state index contributed by atoms with van der Waals surface area (Å²) >= 11 is 17.8. The molecule has 0 radical (unpaired) electrons. The Labute approximate surface area is 186 Å². The minimum absolute atomic E-state index is 0.0905. The number of benzene rings is 2. The molecule has 1 atom stereocenters. The first kappa shape index (κ1) is 23.3. The molecule has 1 N–H and O–H groups in total. The second kappa shape index (κ2) is 8.63. The van der Waals surface area contributed by atoms with Crippen molar-refractivity contribution in [2.45, 2.75) is 23.6 Å². The maximum atomic E-state index is 12.9. The van der Waals surface area contributed by atoms with Gasteiger partial charge in [-0.2, -0.15) is 13.2 Å². The number of sulfonamides is 1. The van der Waals surface area contributed by atoms with Crippen LogP contribution in [0.1, 0.15) is 12.0 Å². The van der Waals surface area contributed by atoms with Crippen LogP contribution in [-0.2, 0) is 16.2 Å². The van der Waals surface area contributed by atoms with E-state index in [0.29, 0.717) is 18.7 Å². The Morgan fingerprint density at radius 1 is 1.10 bits per heavy atom. The topological polar surface area (TPSA) is 58.6 Å². The fourth-order valence-corrected chi connectivity index (χ4v) is 5.44. The fourth-order valence-electron chi connectivity index (χ4n) is 3.01. The van der Waals surface area contributed by atoms with Crippen molar-refractivity contribution in [1.29, 1.82) is 0 Å². The molecule has 1 aliphatic rings. The van der Waals surface area contributed by atoms with Gasteiger partial charge in [-0.05, 0) is 37.7 Å². The van der Waals surface area contributed by atoms with E-state index < -0.39 is 36.7 Å². The first-order valence-electron chi connectivity index (χ1n) is 8.60. The standard InChI is InChI=1S/C18H16Cl3F3N2O3S/c1-26-5-4-12(9-26)29-16-8-11(2-3-13(16)19)25-30(27,28)17-14(20)6-10(7-15(17)21)18(22,23)24/h2-3,6-8,12,25H,4-5,9H2,1H3. The van der Waals surface area contributed by atoms with Gasteiger partial charge in [-0.3, -0.25) is 4.72 Å². The van der Waals surface area contributed by atoms with Gasteiger partial charge in [0.05, 0.1) is 26.3 Å². The molecule has 0 amide bonds. The molecule has 2 aromatic carbocycles. The molecule has 0 spiro atoms. The summed E-state index contributed by atoms with van der Waals surface area (Å²) in [4.78, 5) is 1.42. The smallest absolute Gasteiger partial charge is 0.416 e. The van der Waals surface area contributed by atoms with Crippen LogP contribution in [-0.4, -0.2) is 39.6 Å². The number of hydrogen-bond donors (Lipinski definition) is 1. The molecular formula is C18H16Cl3F3N2O3S. The number of likely N-dealkylation sites (N-methyl/N-ethyl adjacent to an activating group) is 1. The molecular weight excluding hydrogens is 488 g/mol. The number of rotatable bonds is 5. The summed E-state index contributed by atoms with van der Waals surface area (Å²) in [6.07, 6.45) is -4.03. The van der Waals surface area contributed by atoms with Crippen molar-refractivity contribution in [3.05, 3.63) is 51.0 Å². The van der Waals surface area contributed by atoms with Gasteiger partial charge in [0.2, 0.25) is 0 Å². The highest BCUT2D eigenvalue weighted by molar-refractivity contribution is 7.93. The van der Waals surface area contributed by atoms with Crippen LogP contribution in [0.3, 0.4) is 0 Å². The Bertz CT molecular complexity index is 1040. The average molecular weight is 504 g/mol. The van der Waals surface area contributed by atoms with Gasteiger partial charge in [-0.15, -0.1) is 0 Å². The van der Waals surface area contributed by atoms with Crippen molar-refractivity contribution in [2.75, 3.05) is 24.9 Å². The second-order valence-electron chi connectivity index (χ2n) is 6.81. The molecule has 1 aliphatic heterocycles. The van der Waals surface area contributed by atoms with E-state index >= 15 is 0 Å². The molecule has 1 saturated heterocycles. The summed E-state index contributed by atoms with van der Waals surface area (Å²) < 4.78 is 72.2. The third-order valence-electron chi connectivity index (χ3n) is 4.42. The number of halogens is 6. The summed E-state index contributed by atoms with van der Waals surface area (Å²) in [6, 6.07) is 5.25. The lowest BCUT2D eigenvalue weighted by Crippen LogP contribution is -2.21. The van der Waals surface area contributed by atoms with E-state index in [1.807, 2.05) is 7.05 Å². The van der Waals surface area contributed by atoms with Crippen LogP contribution in [0.5, 0.6) is 5.75 Å². The van der Waals surface area contributed by atoms with Crippen LogP contribution in [0, 0.1) is 0 Å². The van der Waals surface area contributed by atoms with E-state index in [-0.39, 0.29) is 22.6 Å². The molecule has 2 aromatic rings. The lowest BCUT2D eigenvalue weighted by atomic mass is 10.2. The van der Waals surface area contributed by atoms with Crippen molar-refractivity contribution >= 4 is 50.5 Å². The van der Waals surface area contributed by atoms with Gasteiger partial charge in [-0.25, -0.2) is 8.42 Å². The second-order valence-corrected chi connectivity index (χ2v) is 9.65. The van der Waals surface area contributed by atoms with Gasteiger partial charge in [-0.1, -0.05) is 34.8 Å². The van der Waals surface area contributed by atoms with Gasteiger partial charge in [0.15, 0.2) is 0 Å². The summed E-state index contributed by atoms with van der Waals surface area (Å²) in [5, 5.41) is -1.01. The molecule has 5 nitrogen and oxygen atoms in total. The summed E-state index contributed by atoms with van der Waals surface area (Å²) in [7, 11) is -2.44. The minimum Gasteiger partial charge on any atom is -0.487 e. The van der Waals surface area contributed by atoms with Gasteiger partial charge in [0.1, 0.15) is 16.7 Å². The molecule has 0 aromatic heterocycles. The van der Waals surface area contributed by atoms with Crippen molar-refractivity contribution in [3.8, 4) is 5.75 Å². The van der Waals surface area contributed by atoms with Crippen LogP contribution < -0.4 is 9.46 Å². The van der Waals surface area contributed by atoms with E-state index in [1.54, 1.807) is 0 Å². The third-order valence-corrected chi connectivity index (χ3v) is 7.03. The zero-order chi connectivity index (χ0) is 22.3. The van der Waals surface area contributed by atoms with Gasteiger partial charge in [0, 0.05) is 19.2 Å². The molecule has 1 fully saturated rings. The number of ether oxygens (including phenoxy) is 1. The lowest BCUT2D eigenvalue weighted by Gasteiger charge is -2.17. The molecule has 30 heavy (non-hydrogen) atoms. The molecule has 12 heteroatoms. The first-order valence-corrected chi connectivity index (χ1v) is 11.2. The number of anilines is 1. The monoisotopic (exact) mass is 502 g/mol. The van der Waals surface area contributed by atoms with Gasteiger partial charge >= 0.3 is 6.18 Å². The zero-order valence-electron chi connectivity index (χ0n) is 15.4. The Balaban J connectivity index is 1.88. The largest absolute Gasteiger partial charge is 0.487 e. The molecule has 3 rings (SSSR count). The number of hydrogen-bond acceptors (Lipinski definition) is 4. The molecule has 0 saturated carbocycles. The van der Waals surface area contributed by atoms with Crippen molar-refractivity contribution in [3.63, 3.8) is 0 Å². The number of nitrogens with zero attached hydrogens (tertiary/aromatic N) is 1. The SMILES string of the molecule is CN1CCC(Oc2cc(NS(=O)(=O)c3c(Cl)cc(C(F)(F)F)cc3Cl)ccc2Cl)C1. The van der Waals surface area contributed by atoms with E-state index in [9.17, 15) is 21.6 Å². The number of alkyl halides is 3. The highest BCUT2D eigenvalue weighted by atomic mass is 35.5. The number of nitrogens with one attached hydrogen (secondary N) is 1. The van der Waals surface area contributed by atoms with Gasteiger partial charge in [0.25, 0.3) is 10.0 Å². The molecule has 0 bridgehead atoms. The fraction of sp³-hybridized carbons (Fsp3) is 0.333. The first-order chi connectivity index (χ1) is 13.9. The third kappa shape index (κ3) is 5.26. The Kier molecular flexibility index (Phi) is 6.69. The van der Waals surface area contributed by atoms with Crippen LogP contribution in [0.4, 0.5) is 18.9 Å². The van der Waals surface area contributed by atoms with Crippen LogP contribution in [0.15, 0.2) is 35.2 Å². The summed E-state index contributed by atoms with van der Waals surface area (Å²) in [5.41, 5.74) is -1.06. The quantitative estimate of drug-likeness (QED) is 0.581. The predicted molar refractivity (Wildman–Crippen MR) is 110 cm³/mol. The normalized spacial score (nSPS) is 17.9. The van der Waals surface area contributed by atoms with Crippen molar-refractivity contribution < 1.29 is 26.3 Å². The Morgan fingerprint density at radius 3 is 2.27 bits per heavy atom. The number of likely N-dealkylation sites (tertiary alicyclic amines) is 1. The molecule has 164 valence electrons. The van der Waals surface area contributed by atoms with Crippen molar-refractivity contribution in [1.82, 2.24) is 4.90 Å². The van der Waals surface area contributed by atoms with E-state index in [2.05, 4.69) is 9.62 Å². The highest BCUT2D eigenvalue weighted by Crippen LogP contribution is 2.39. The highest BCUT2D eigenvalue weighted by Gasteiger charge is 2.34. The maximum absolute atomic E-state index is 12.9. The molecule has 1 heterocycles. The van der Waals surface area contributed by atoms with E-state index in [4.69, 9.17) is 39.5 Å².